The van der Waals surface area contributed by atoms with Gasteiger partial charge in [-0.3, -0.25) is 0 Å². The molecular formula is C23H23F2N3O3. The number of rotatable bonds is 6. The topological polar surface area (TPSA) is 77.2 Å². The summed E-state index contributed by atoms with van der Waals surface area (Å²) < 4.78 is 34.9. The molecule has 0 saturated heterocycles. The summed E-state index contributed by atoms with van der Waals surface area (Å²) in [6.45, 7) is 0.119. The minimum absolute atomic E-state index is 0.119. The Labute approximate surface area is 177 Å². The minimum atomic E-state index is -2.65. The normalized spacial score (nSPS) is 20.6. The number of nitrogens with zero attached hydrogens (tertiary/aromatic N) is 3. The highest BCUT2D eigenvalue weighted by Gasteiger charge is 2.40. The monoisotopic (exact) mass is 427 g/mol. The van der Waals surface area contributed by atoms with E-state index < -0.39 is 11.9 Å². The number of benzene rings is 1. The van der Waals surface area contributed by atoms with Crippen molar-refractivity contribution in [3.05, 3.63) is 47.8 Å². The minimum Gasteiger partial charge on any atom is -0.492 e. The summed E-state index contributed by atoms with van der Waals surface area (Å²) in [7, 11) is 0. The predicted molar refractivity (Wildman–Crippen MR) is 110 cm³/mol. The molecule has 1 atom stereocenters. The van der Waals surface area contributed by atoms with Gasteiger partial charge in [-0.2, -0.15) is 5.10 Å². The van der Waals surface area contributed by atoms with Gasteiger partial charge >= 0.3 is 5.97 Å². The number of aromatic carboxylic acids is 1. The molecule has 31 heavy (non-hydrogen) atoms. The van der Waals surface area contributed by atoms with Gasteiger partial charge in [0.05, 0.1) is 23.4 Å². The van der Waals surface area contributed by atoms with Crippen LogP contribution < -0.4 is 4.74 Å². The van der Waals surface area contributed by atoms with E-state index in [9.17, 15) is 18.7 Å². The maximum atomic E-state index is 13.6. The van der Waals surface area contributed by atoms with Crippen LogP contribution in [0.5, 0.6) is 5.75 Å². The molecule has 2 aromatic heterocycles. The molecule has 3 aromatic rings. The molecular weight excluding hydrogens is 404 g/mol. The molecule has 162 valence electrons. The van der Waals surface area contributed by atoms with Crippen molar-refractivity contribution in [3.8, 4) is 11.4 Å². The molecule has 0 bridgehead atoms. The van der Waals surface area contributed by atoms with Crippen molar-refractivity contribution in [2.75, 3.05) is 6.61 Å². The third-order valence-corrected chi connectivity index (χ3v) is 6.32. The van der Waals surface area contributed by atoms with Crippen molar-refractivity contribution < 1.29 is 23.4 Å². The van der Waals surface area contributed by atoms with E-state index in [-0.39, 0.29) is 37.0 Å². The van der Waals surface area contributed by atoms with Crippen LogP contribution in [0.1, 0.15) is 60.6 Å². The molecule has 2 fully saturated rings. The molecule has 0 radical (unpaired) electrons. The van der Waals surface area contributed by atoms with Gasteiger partial charge in [0.1, 0.15) is 5.75 Å². The maximum absolute atomic E-state index is 13.6. The number of carboxylic acids is 1. The van der Waals surface area contributed by atoms with Crippen LogP contribution in [0.3, 0.4) is 0 Å². The van der Waals surface area contributed by atoms with Gasteiger partial charge in [0.25, 0.3) is 0 Å². The van der Waals surface area contributed by atoms with Gasteiger partial charge in [0.15, 0.2) is 11.3 Å². The van der Waals surface area contributed by atoms with Crippen molar-refractivity contribution in [1.82, 2.24) is 14.8 Å². The molecule has 8 heteroatoms. The van der Waals surface area contributed by atoms with E-state index in [0.717, 1.165) is 30.6 Å². The molecule has 2 saturated carbocycles. The third kappa shape index (κ3) is 3.75. The van der Waals surface area contributed by atoms with E-state index >= 15 is 0 Å². The number of carbonyl (C=O) groups is 1. The number of halogens is 2. The van der Waals surface area contributed by atoms with Gasteiger partial charge in [0, 0.05) is 24.8 Å². The fourth-order valence-corrected chi connectivity index (χ4v) is 4.44. The Morgan fingerprint density at radius 2 is 2.00 bits per heavy atom. The Morgan fingerprint density at radius 3 is 2.61 bits per heavy atom. The summed E-state index contributed by atoms with van der Waals surface area (Å²) in [5.74, 6) is -3.47. The summed E-state index contributed by atoms with van der Waals surface area (Å²) in [6, 6.07) is 10.8. The summed E-state index contributed by atoms with van der Waals surface area (Å²) >= 11 is 0. The van der Waals surface area contributed by atoms with E-state index in [4.69, 9.17) is 9.84 Å². The van der Waals surface area contributed by atoms with E-state index in [0.29, 0.717) is 23.2 Å². The molecule has 0 aliphatic heterocycles. The Morgan fingerprint density at radius 1 is 1.23 bits per heavy atom. The fourth-order valence-electron chi connectivity index (χ4n) is 4.44. The van der Waals surface area contributed by atoms with E-state index in [1.54, 1.807) is 4.68 Å². The second-order valence-electron chi connectivity index (χ2n) is 8.55. The number of alkyl halides is 2. The first-order valence-corrected chi connectivity index (χ1v) is 10.6. The number of para-hydroxylation sites is 1. The molecule has 1 unspecified atom stereocenters. The van der Waals surface area contributed by atoms with Gasteiger partial charge in [-0.25, -0.2) is 23.2 Å². The van der Waals surface area contributed by atoms with Gasteiger partial charge in [0.2, 0.25) is 5.92 Å². The Bertz CT molecular complexity index is 1130. The molecule has 6 nitrogen and oxygen atoms in total. The van der Waals surface area contributed by atoms with Gasteiger partial charge in [-0.15, -0.1) is 0 Å². The van der Waals surface area contributed by atoms with Gasteiger partial charge in [-0.05, 0) is 37.3 Å². The first-order valence-electron chi connectivity index (χ1n) is 10.6. The van der Waals surface area contributed by atoms with Crippen LogP contribution in [0.4, 0.5) is 8.78 Å². The zero-order valence-electron chi connectivity index (χ0n) is 16.9. The fraction of sp³-hybridized carbons (Fsp3) is 0.435. The van der Waals surface area contributed by atoms with Crippen LogP contribution in [-0.4, -0.2) is 38.4 Å². The number of pyridine rings is 1. The Kier molecular flexibility index (Phi) is 4.87. The number of carboxylic acid groups (broad SMARTS) is 1. The number of aromatic nitrogens is 3. The lowest BCUT2D eigenvalue weighted by Crippen LogP contribution is -2.15. The summed E-state index contributed by atoms with van der Waals surface area (Å²) in [5.41, 5.74) is 1.87. The zero-order chi connectivity index (χ0) is 21.6. The highest BCUT2D eigenvalue weighted by Crippen LogP contribution is 2.43. The van der Waals surface area contributed by atoms with Crippen molar-refractivity contribution in [1.29, 1.82) is 0 Å². The highest BCUT2D eigenvalue weighted by atomic mass is 19.3. The van der Waals surface area contributed by atoms with Crippen LogP contribution in [0.2, 0.25) is 0 Å². The van der Waals surface area contributed by atoms with Crippen molar-refractivity contribution in [3.63, 3.8) is 0 Å². The SMILES string of the molecule is O=C(O)c1cc(OCC2CCC(F)(F)C2)c2c(C3CCC3)nn(-c3ccccc3)c2n1. The summed E-state index contributed by atoms with van der Waals surface area (Å²) in [4.78, 5) is 16.1. The van der Waals surface area contributed by atoms with E-state index in [1.165, 1.54) is 6.07 Å². The molecule has 2 aliphatic rings. The molecule has 1 N–H and O–H groups in total. The molecule has 0 amide bonds. The molecule has 5 rings (SSSR count). The quantitative estimate of drug-likeness (QED) is 0.585. The number of hydrogen-bond acceptors (Lipinski definition) is 4. The third-order valence-electron chi connectivity index (χ3n) is 6.32. The molecule has 1 aromatic carbocycles. The second-order valence-corrected chi connectivity index (χ2v) is 8.55. The lowest BCUT2D eigenvalue weighted by molar-refractivity contribution is 0.00294. The van der Waals surface area contributed by atoms with Gasteiger partial charge in [-0.1, -0.05) is 24.6 Å². The molecule has 2 heterocycles. The average Bonchev–Trinajstić information content (AvgIpc) is 3.25. The smallest absolute Gasteiger partial charge is 0.354 e. The van der Waals surface area contributed by atoms with E-state index in [2.05, 4.69) is 4.98 Å². The lowest BCUT2D eigenvalue weighted by Gasteiger charge is -2.24. The Balaban J connectivity index is 1.61. The second kappa shape index (κ2) is 7.59. The summed E-state index contributed by atoms with van der Waals surface area (Å²) in [5, 5.41) is 15.1. The highest BCUT2D eigenvalue weighted by molar-refractivity contribution is 5.94. The first-order chi connectivity index (χ1) is 14.9. The van der Waals surface area contributed by atoms with Crippen LogP contribution >= 0.6 is 0 Å². The van der Waals surface area contributed by atoms with Crippen LogP contribution in [0.25, 0.3) is 16.7 Å². The van der Waals surface area contributed by atoms with Crippen LogP contribution in [0, 0.1) is 5.92 Å². The summed E-state index contributed by atoms with van der Waals surface area (Å²) in [6.07, 6.45) is 3.16. The largest absolute Gasteiger partial charge is 0.492 e. The van der Waals surface area contributed by atoms with Gasteiger partial charge < -0.3 is 9.84 Å². The maximum Gasteiger partial charge on any atom is 0.354 e. The number of ether oxygens (including phenoxy) is 1. The van der Waals surface area contributed by atoms with Crippen LogP contribution in [-0.2, 0) is 0 Å². The predicted octanol–water partition coefficient (Wildman–Crippen LogP) is 5.20. The standard InChI is InChI=1S/C23H23F2N3O3/c24-23(25)10-9-14(12-23)13-31-18-11-17(22(29)30)26-21-19(18)20(15-5-4-6-15)27-28(21)16-7-2-1-3-8-16/h1-3,7-8,11,14-15H,4-6,9-10,12-13H2,(H,29,30). The number of fused-ring (bicyclic) bond motifs is 1. The van der Waals surface area contributed by atoms with E-state index in [1.807, 2.05) is 30.3 Å². The lowest BCUT2D eigenvalue weighted by atomic mass is 9.82. The van der Waals surface area contributed by atoms with Crippen molar-refractivity contribution in [2.24, 2.45) is 5.92 Å². The molecule has 2 aliphatic carbocycles. The van der Waals surface area contributed by atoms with Crippen molar-refractivity contribution in [2.45, 2.75) is 50.4 Å². The average molecular weight is 427 g/mol. The first kappa shape index (κ1) is 19.9. The van der Waals surface area contributed by atoms with Crippen molar-refractivity contribution >= 4 is 17.0 Å². The molecule has 0 spiro atoms. The number of hydrogen-bond donors (Lipinski definition) is 1. The zero-order valence-corrected chi connectivity index (χ0v) is 16.9. The Hall–Kier alpha value is -3.03. The van der Waals surface area contributed by atoms with Crippen LogP contribution in [0.15, 0.2) is 36.4 Å².